The summed E-state index contributed by atoms with van der Waals surface area (Å²) in [7, 11) is -2.29. The lowest BCUT2D eigenvalue weighted by molar-refractivity contribution is 0.0477. The molecule has 1 aromatic heterocycles. The molecule has 7 nitrogen and oxygen atoms in total. The van der Waals surface area contributed by atoms with Crippen LogP contribution in [0, 0.1) is 0 Å². The lowest BCUT2D eigenvalue weighted by Gasteiger charge is -2.21. The van der Waals surface area contributed by atoms with Crippen molar-refractivity contribution in [3.63, 3.8) is 0 Å². The van der Waals surface area contributed by atoms with Gasteiger partial charge in [0, 0.05) is 6.42 Å². The second-order valence-corrected chi connectivity index (χ2v) is 7.93. The lowest BCUT2D eigenvalue weighted by Crippen LogP contribution is -2.23. The van der Waals surface area contributed by atoms with Gasteiger partial charge in [0.1, 0.15) is 11.6 Å². The number of methoxy groups -OCH3 is 1. The van der Waals surface area contributed by atoms with E-state index in [1.807, 2.05) is 13.8 Å². The number of benzene rings is 1. The molecule has 0 unspecified atom stereocenters. The van der Waals surface area contributed by atoms with Crippen LogP contribution >= 0.6 is 0 Å². The van der Waals surface area contributed by atoms with Crippen LogP contribution < -0.4 is 9.46 Å². The van der Waals surface area contributed by atoms with Crippen LogP contribution in [0.3, 0.4) is 0 Å². The molecule has 0 aliphatic carbocycles. The smallest absolute Gasteiger partial charge is 0.340 e. The number of carbonyl (C=O) groups is 1. The maximum absolute atomic E-state index is 12.6. The van der Waals surface area contributed by atoms with Crippen LogP contribution in [-0.4, -0.2) is 33.1 Å². The largest absolute Gasteiger partial charge is 0.497 e. The van der Waals surface area contributed by atoms with Gasteiger partial charge < -0.3 is 9.47 Å². The SMILES string of the molecule is COc1ccc(S(=O)(=O)Nc2cc3c(c(C(C)C)n2)C(=O)OCC3)cc1. The highest BCUT2D eigenvalue weighted by atomic mass is 32.2. The van der Waals surface area contributed by atoms with Crippen LogP contribution in [0.1, 0.15) is 41.4 Å². The third kappa shape index (κ3) is 3.50. The summed E-state index contributed by atoms with van der Waals surface area (Å²) in [6, 6.07) is 7.66. The summed E-state index contributed by atoms with van der Waals surface area (Å²) in [6.45, 7) is 4.07. The molecule has 0 atom stereocenters. The number of hydrogen-bond acceptors (Lipinski definition) is 6. The number of carbonyl (C=O) groups excluding carboxylic acids is 1. The van der Waals surface area contributed by atoms with Gasteiger partial charge >= 0.3 is 5.97 Å². The molecule has 0 bridgehead atoms. The molecule has 2 heterocycles. The molecule has 1 aromatic carbocycles. The Morgan fingerprint density at radius 3 is 2.54 bits per heavy atom. The van der Waals surface area contributed by atoms with Gasteiger partial charge in [-0.3, -0.25) is 4.72 Å². The molecule has 1 aliphatic rings. The number of fused-ring (bicyclic) bond motifs is 1. The highest BCUT2D eigenvalue weighted by Crippen LogP contribution is 2.28. The topological polar surface area (TPSA) is 94.6 Å². The fourth-order valence-electron chi connectivity index (χ4n) is 2.80. The van der Waals surface area contributed by atoms with Crippen LogP contribution in [-0.2, 0) is 21.2 Å². The van der Waals surface area contributed by atoms with E-state index in [1.54, 1.807) is 18.2 Å². The quantitative estimate of drug-likeness (QED) is 0.807. The molecular formula is C18H20N2O5S. The predicted octanol–water partition coefficient (Wildman–Crippen LogP) is 2.73. The van der Waals surface area contributed by atoms with Crippen molar-refractivity contribution < 1.29 is 22.7 Å². The van der Waals surface area contributed by atoms with E-state index in [-0.39, 0.29) is 23.2 Å². The number of aromatic nitrogens is 1. The Labute approximate surface area is 152 Å². The highest BCUT2D eigenvalue weighted by molar-refractivity contribution is 7.92. The van der Waals surface area contributed by atoms with E-state index in [0.717, 1.165) is 5.56 Å². The van der Waals surface area contributed by atoms with E-state index in [9.17, 15) is 13.2 Å². The van der Waals surface area contributed by atoms with E-state index < -0.39 is 16.0 Å². The summed E-state index contributed by atoms with van der Waals surface area (Å²) in [5.74, 6) is 0.293. The van der Waals surface area contributed by atoms with Crippen molar-refractivity contribution in [2.75, 3.05) is 18.4 Å². The van der Waals surface area contributed by atoms with Crippen molar-refractivity contribution in [2.45, 2.75) is 31.1 Å². The number of cyclic esters (lactones) is 1. The second-order valence-electron chi connectivity index (χ2n) is 6.25. The van der Waals surface area contributed by atoms with Crippen molar-refractivity contribution in [1.82, 2.24) is 4.98 Å². The molecule has 1 N–H and O–H groups in total. The number of esters is 1. The maximum atomic E-state index is 12.6. The first kappa shape index (κ1) is 18.2. The molecule has 138 valence electrons. The molecule has 2 aromatic rings. The van der Waals surface area contributed by atoms with Gasteiger partial charge in [-0.15, -0.1) is 0 Å². The Hall–Kier alpha value is -2.61. The summed E-state index contributed by atoms with van der Waals surface area (Å²) < 4.78 is 37.9. The molecular weight excluding hydrogens is 356 g/mol. The standard InChI is InChI=1S/C18H20N2O5S/c1-11(2)17-16-12(8-9-25-18(16)21)10-15(19-17)20-26(22,23)14-6-4-13(24-3)5-7-14/h4-7,10-11H,8-9H2,1-3H3,(H,19,20). The molecule has 0 spiro atoms. The fourth-order valence-corrected chi connectivity index (χ4v) is 3.79. The zero-order valence-corrected chi connectivity index (χ0v) is 15.6. The Kier molecular flexibility index (Phi) is 4.86. The number of rotatable bonds is 5. The van der Waals surface area contributed by atoms with Crippen molar-refractivity contribution in [2.24, 2.45) is 0 Å². The van der Waals surface area contributed by atoms with Gasteiger partial charge in [0.2, 0.25) is 0 Å². The van der Waals surface area contributed by atoms with Crippen molar-refractivity contribution in [1.29, 1.82) is 0 Å². The normalized spacial score (nSPS) is 13.9. The zero-order chi connectivity index (χ0) is 18.9. The van der Waals surface area contributed by atoms with Crippen molar-refractivity contribution in [3.8, 4) is 5.75 Å². The molecule has 0 amide bonds. The molecule has 0 fully saturated rings. The average molecular weight is 376 g/mol. The Balaban J connectivity index is 1.99. The van der Waals surface area contributed by atoms with Crippen LogP contribution in [0.25, 0.3) is 0 Å². The van der Waals surface area contributed by atoms with Gasteiger partial charge in [0.25, 0.3) is 10.0 Å². The van der Waals surface area contributed by atoms with Crippen molar-refractivity contribution in [3.05, 3.63) is 47.2 Å². The van der Waals surface area contributed by atoms with Crippen molar-refractivity contribution >= 4 is 21.8 Å². The average Bonchev–Trinajstić information content (AvgIpc) is 2.60. The summed E-state index contributed by atoms with van der Waals surface area (Å²) >= 11 is 0. The first-order valence-electron chi connectivity index (χ1n) is 8.19. The minimum absolute atomic E-state index is 0.0557. The minimum atomic E-state index is -3.81. The summed E-state index contributed by atoms with van der Waals surface area (Å²) in [5, 5.41) is 0. The van der Waals surface area contributed by atoms with E-state index >= 15 is 0 Å². The Bertz CT molecular complexity index is 937. The monoisotopic (exact) mass is 376 g/mol. The van der Waals surface area contributed by atoms with Gasteiger partial charge in [-0.1, -0.05) is 13.8 Å². The maximum Gasteiger partial charge on any atom is 0.340 e. The minimum Gasteiger partial charge on any atom is -0.497 e. The summed E-state index contributed by atoms with van der Waals surface area (Å²) in [6.07, 6.45) is 0.528. The number of pyridine rings is 1. The molecule has 1 aliphatic heterocycles. The third-order valence-corrected chi connectivity index (χ3v) is 5.46. The summed E-state index contributed by atoms with van der Waals surface area (Å²) in [5.41, 5.74) is 1.71. The third-order valence-electron chi connectivity index (χ3n) is 4.09. The fraction of sp³-hybridized carbons (Fsp3) is 0.333. The van der Waals surface area contributed by atoms with Crippen LogP contribution in [0.2, 0.25) is 0 Å². The van der Waals surface area contributed by atoms with Gasteiger partial charge in [-0.25, -0.2) is 18.2 Å². The van der Waals surface area contributed by atoms with E-state index in [2.05, 4.69) is 9.71 Å². The van der Waals surface area contributed by atoms with E-state index in [0.29, 0.717) is 23.4 Å². The highest BCUT2D eigenvalue weighted by Gasteiger charge is 2.27. The number of hydrogen-bond donors (Lipinski definition) is 1. The van der Waals surface area contributed by atoms with Gasteiger partial charge in [0.15, 0.2) is 0 Å². The molecule has 0 radical (unpaired) electrons. The van der Waals surface area contributed by atoms with Gasteiger partial charge in [-0.2, -0.15) is 0 Å². The first-order valence-corrected chi connectivity index (χ1v) is 9.68. The molecule has 8 heteroatoms. The molecule has 26 heavy (non-hydrogen) atoms. The summed E-state index contributed by atoms with van der Waals surface area (Å²) in [4.78, 5) is 16.5. The number of ether oxygens (including phenoxy) is 2. The lowest BCUT2D eigenvalue weighted by atomic mass is 9.96. The predicted molar refractivity (Wildman–Crippen MR) is 96.1 cm³/mol. The number of nitrogens with one attached hydrogen (secondary N) is 1. The number of nitrogens with zero attached hydrogens (tertiary/aromatic N) is 1. The van der Waals surface area contributed by atoms with E-state index in [1.165, 1.54) is 19.2 Å². The van der Waals surface area contributed by atoms with Crippen LogP contribution in [0.5, 0.6) is 5.75 Å². The molecule has 3 rings (SSSR count). The first-order chi connectivity index (χ1) is 12.3. The zero-order valence-electron chi connectivity index (χ0n) is 14.8. The van der Waals surface area contributed by atoms with E-state index in [4.69, 9.17) is 9.47 Å². The molecule has 0 saturated heterocycles. The number of sulfonamides is 1. The van der Waals surface area contributed by atoms with Gasteiger partial charge in [-0.05, 0) is 41.8 Å². The second kappa shape index (κ2) is 6.95. The molecule has 0 saturated carbocycles. The van der Waals surface area contributed by atoms with Crippen LogP contribution in [0.4, 0.5) is 5.82 Å². The Morgan fingerprint density at radius 1 is 1.23 bits per heavy atom. The van der Waals surface area contributed by atoms with Crippen LogP contribution in [0.15, 0.2) is 35.2 Å². The Morgan fingerprint density at radius 2 is 1.92 bits per heavy atom. The van der Waals surface area contributed by atoms with Gasteiger partial charge in [0.05, 0.1) is 29.9 Å². The number of anilines is 1.